The molecule has 1 aliphatic heterocycles. The fourth-order valence-corrected chi connectivity index (χ4v) is 4.05. The number of likely N-dealkylation sites (N-methyl/N-ethyl adjacent to an activating group) is 1. The van der Waals surface area contributed by atoms with Crippen LogP contribution in [0.1, 0.15) is 25.0 Å². The molecule has 0 radical (unpaired) electrons. The number of para-hydroxylation sites is 1. The van der Waals surface area contributed by atoms with Gasteiger partial charge in [-0.3, -0.25) is 9.69 Å². The van der Waals surface area contributed by atoms with Crippen LogP contribution < -0.4 is 10.2 Å². The number of fused-ring (bicyclic) bond motifs is 2. The molecule has 0 bridgehead atoms. The number of aromatic nitrogens is 1. The number of benzene rings is 2. The summed E-state index contributed by atoms with van der Waals surface area (Å²) in [6.07, 6.45) is 0.863. The largest absolute Gasteiger partial charge is 0.326 e. The van der Waals surface area contributed by atoms with Crippen molar-refractivity contribution in [3.63, 3.8) is 0 Å². The minimum atomic E-state index is 0. The van der Waals surface area contributed by atoms with Crippen molar-refractivity contribution in [2.45, 2.75) is 27.2 Å². The number of nitrogens with zero attached hydrogens (tertiary/aromatic N) is 3. The number of aryl methyl sites for hydroxylation is 1. The second-order valence-electron chi connectivity index (χ2n) is 7.56. The van der Waals surface area contributed by atoms with Crippen molar-refractivity contribution in [1.29, 1.82) is 0 Å². The van der Waals surface area contributed by atoms with Gasteiger partial charge in [0.2, 0.25) is 5.91 Å². The van der Waals surface area contributed by atoms with E-state index in [4.69, 9.17) is 4.98 Å². The predicted molar refractivity (Wildman–Crippen MR) is 135 cm³/mol. The molecule has 3 aromatic rings. The van der Waals surface area contributed by atoms with Crippen molar-refractivity contribution in [2.24, 2.45) is 0 Å². The first-order chi connectivity index (χ1) is 14.1. The third-order valence-corrected chi connectivity index (χ3v) is 5.65. The molecule has 0 atom stereocenters. The molecule has 0 saturated heterocycles. The summed E-state index contributed by atoms with van der Waals surface area (Å²) in [5, 5.41) is 4.23. The average molecular weight is 461 g/mol. The maximum atomic E-state index is 12.8. The lowest BCUT2D eigenvalue weighted by atomic mass is 10.1. The lowest BCUT2D eigenvalue weighted by Gasteiger charge is -2.21. The van der Waals surface area contributed by atoms with Gasteiger partial charge in [0.25, 0.3) is 0 Å². The van der Waals surface area contributed by atoms with Gasteiger partial charge >= 0.3 is 0 Å². The van der Waals surface area contributed by atoms with E-state index in [0.29, 0.717) is 6.54 Å². The molecule has 0 aliphatic carbocycles. The van der Waals surface area contributed by atoms with Gasteiger partial charge in [-0.25, -0.2) is 4.98 Å². The highest BCUT2D eigenvalue weighted by molar-refractivity contribution is 6.05. The molecule has 4 rings (SSSR count). The number of carbonyl (C=O) groups excluding carboxylic acids is 1. The smallest absolute Gasteiger partial charge is 0.238 e. The molecule has 2 aromatic carbocycles. The Hall–Kier alpha value is -2.34. The molecular formula is C24H30Cl2N4O. The van der Waals surface area contributed by atoms with Crippen molar-refractivity contribution >= 4 is 58.8 Å². The maximum absolute atomic E-state index is 12.8. The third-order valence-electron chi connectivity index (χ3n) is 5.65. The fourth-order valence-electron chi connectivity index (χ4n) is 4.05. The van der Waals surface area contributed by atoms with Crippen LogP contribution in [0.2, 0.25) is 0 Å². The van der Waals surface area contributed by atoms with Crippen LogP contribution in [0.5, 0.6) is 0 Å². The zero-order chi connectivity index (χ0) is 20.4. The van der Waals surface area contributed by atoms with Crippen molar-refractivity contribution in [3.05, 3.63) is 59.7 Å². The van der Waals surface area contributed by atoms with Gasteiger partial charge in [0.15, 0.2) is 0 Å². The van der Waals surface area contributed by atoms with Gasteiger partial charge in [0.05, 0.1) is 17.7 Å². The van der Waals surface area contributed by atoms with Crippen LogP contribution in [0.4, 0.5) is 17.2 Å². The number of pyridine rings is 1. The Morgan fingerprint density at radius 2 is 1.84 bits per heavy atom. The second-order valence-corrected chi connectivity index (χ2v) is 7.56. The van der Waals surface area contributed by atoms with Gasteiger partial charge in [-0.15, -0.1) is 24.8 Å². The molecule has 7 heteroatoms. The van der Waals surface area contributed by atoms with E-state index in [1.807, 2.05) is 24.3 Å². The minimum absolute atomic E-state index is 0. The number of carbonyl (C=O) groups is 1. The van der Waals surface area contributed by atoms with Gasteiger partial charge in [-0.2, -0.15) is 0 Å². The predicted octanol–water partition coefficient (Wildman–Crippen LogP) is 5.36. The number of rotatable bonds is 6. The average Bonchev–Trinajstić information content (AvgIpc) is 3.15. The van der Waals surface area contributed by atoms with Crippen LogP contribution in [0.15, 0.2) is 48.5 Å². The van der Waals surface area contributed by atoms with E-state index in [1.165, 1.54) is 5.56 Å². The van der Waals surface area contributed by atoms with E-state index in [2.05, 4.69) is 60.2 Å². The monoisotopic (exact) mass is 460 g/mol. The van der Waals surface area contributed by atoms with Gasteiger partial charge in [0, 0.05) is 23.2 Å². The summed E-state index contributed by atoms with van der Waals surface area (Å²) in [5.74, 6) is 0.980. The van der Waals surface area contributed by atoms with Gasteiger partial charge < -0.3 is 10.2 Å². The van der Waals surface area contributed by atoms with E-state index >= 15 is 0 Å². The van der Waals surface area contributed by atoms with E-state index < -0.39 is 0 Å². The molecule has 2 heterocycles. The molecule has 0 spiro atoms. The SMILES string of the molecule is CCN(CC)CC(=O)Nc1c2c(nc3ccccc13)N(c1cccc(C)c1)CC2.Cl.Cl. The van der Waals surface area contributed by atoms with E-state index in [9.17, 15) is 4.79 Å². The molecule has 31 heavy (non-hydrogen) atoms. The number of anilines is 3. The van der Waals surface area contributed by atoms with Crippen molar-refractivity contribution in [2.75, 3.05) is 36.4 Å². The molecule has 5 nitrogen and oxygen atoms in total. The van der Waals surface area contributed by atoms with Crippen LogP contribution in [0.3, 0.4) is 0 Å². The Balaban J connectivity index is 0.00000171. The van der Waals surface area contributed by atoms with Crippen molar-refractivity contribution in [3.8, 4) is 0 Å². The summed E-state index contributed by atoms with van der Waals surface area (Å²) < 4.78 is 0. The highest BCUT2D eigenvalue weighted by Gasteiger charge is 2.27. The Morgan fingerprint density at radius 1 is 1.10 bits per heavy atom. The number of nitrogens with one attached hydrogen (secondary N) is 1. The van der Waals surface area contributed by atoms with Gasteiger partial charge in [-0.1, -0.05) is 44.2 Å². The van der Waals surface area contributed by atoms with Crippen molar-refractivity contribution < 1.29 is 4.79 Å². The molecule has 1 aliphatic rings. The standard InChI is InChI=1S/C24H28N4O.2ClH/c1-4-27(5-2)16-22(29)26-23-19-11-6-7-12-21(19)25-24-20(23)13-14-28(24)18-10-8-9-17(3)15-18;;/h6-12,15H,4-5,13-14,16H2,1-3H3,(H,25,26,29);2*1H. The highest BCUT2D eigenvalue weighted by Crippen LogP contribution is 2.40. The molecule has 1 N–H and O–H groups in total. The van der Waals surface area contributed by atoms with E-state index in [-0.39, 0.29) is 30.7 Å². The number of halogens is 2. The first-order valence-corrected chi connectivity index (χ1v) is 10.4. The zero-order valence-electron chi connectivity index (χ0n) is 18.2. The lowest BCUT2D eigenvalue weighted by Crippen LogP contribution is -2.33. The quantitative estimate of drug-likeness (QED) is 0.537. The van der Waals surface area contributed by atoms with Gasteiger partial charge in [-0.05, 0) is 50.2 Å². The highest BCUT2D eigenvalue weighted by atomic mass is 35.5. The number of hydrogen-bond donors (Lipinski definition) is 1. The van der Waals surface area contributed by atoms with Gasteiger partial charge in [0.1, 0.15) is 5.82 Å². The molecule has 1 aromatic heterocycles. The Morgan fingerprint density at radius 3 is 2.55 bits per heavy atom. The second kappa shape index (κ2) is 10.8. The molecule has 1 amide bonds. The molecule has 0 unspecified atom stereocenters. The Labute approximate surface area is 196 Å². The lowest BCUT2D eigenvalue weighted by molar-refractivity contribution is -0.117. The first-order valence-electron chi connectivity index (χ1n) is 10.4. The molecule has 0 saturated carbocycles. The molecular weight excluding hydrogens is 431 g/mol. The maximum Gasteiger partial charge on any atom is 0.238 e. The molecule has 0 fully saturated rings. The van der Waals surface area contributed by atoms with Crippen LogP contribution in [-0.4, -0.2) is 42.0 Å². The summed E-state index contributed by atoms with van der Waals surface area (Å²) in [7, 11) is 0. The van der Waals surface area contributed by atoms with Crippen LogP contribution in [-0.2, 0) is 11.2 Å². The van der Waals surface area contributed by atoms with Crippen LogP contribution in [0.25, 0.3) is 10.9 Å². The third kappa shape index (κ3) is 5.12. The fraction of sp³-hybridized carbons (Fsp3) is 0.333. The topological polar surface area (TPSA) is 48.5 Å². The normalized spacial score (nSPS) is 12.3. The van der Waals surface area contributed by atoms with Crippen LogP contribution >= 0.6 is 24.8 Å². The Bertz CT molecular complexity index is 1050. The zero-order valence-corrected chi connectivity index (χ0v) is 19.9. The summed E-state index contributed by atoms with van der Waals surface area (Å²) >= 11 is 0. The summed E-state index contributed by atoms with van der Waals surface area (Å²) in [6, 6.07) is 16.6. The first kappa shape index (κ1) is 24.9. The van der Waals surface area contributed by atoms with E-state index in [0.717, 1.165) is 59.7 Å². The van der Waals surface area contributed by atoms with E-state index in [1.54, 1.807) is 0 Å². The Kier molecular flexibility index (Phi) is 8.69. The van der Waals surface area contributed by atoms with Crippen molar-refractivity contribution in [1.82, 2.24) is 9.88 Å². The number of amides is 1. The summed E-state index contributed by atoms with van der Waals surface area (Å²) in [4.78, 5) is 22.1. The number of hydrogen-bond acceptors (Lipinski definition) is 4. The minimum Gasteiger partial charge on any atom is -0.326 e. The molecule has 166 valence electrons. The summed E-state index contributed by atoms with van der Waals surface area (Å²) in [5.41, 5.74) is 5.32. The summed E-state index contributed by atoms with van der Waals surface area (Å²) in [6.45, 7) is 9.25. The van der Waals surface area contributed by atoms with Crippen LogP contribution in [0, 0.1) is 6.92 Å².